The van der Waals surface area contributed by atoms with E-state index in [1.807, 2.05) is 20.8 Å². The van der Waals surface area contributed by atoms with Crippen molar-refractivity contribution in [2.75, 3.05) is 10.6 Å². The predicted octanol–water partition coefficient (Wildman–Crippen LogP) is 1.18. The zero-order chi connectivity index (χ0) is 29.9. The number of fused-ring (bicyclic) bond motifs is 2. The number of ketones is 2. The van der Waals surface area contributed by atoms with Gasteiger partial charge >= 0.3 is 29.6 Å². The number of carbonyl (C=O) groups is 2. The maximum atomic E-state index is 13.8. The fraction of sp³-hybridized carbons (Fsp3) is 0.259. The second-order valence-corrected chi connectivity index (χ2v) is 13.5. The Morgan fingerprint density at radius 2 is 1.37 bits per heavy atom. The van der Waals surface area contributed by atoms with E-state index >= 15 is 0 Å². The molecule has 0 spiro atoms. The Labute approximate surface area is 260 Å². The van der Waals surface area contributed by atoms with Gasteiger partial charge in [-0.3, -0.25) is 14.1 Å². The fourth-order valence-electron chi connectivity index (χ4n) is 4.51. The minimum Gasteiger partial charge on any atom is -0.744 e. The SMILES string of the molecule is CC(C)Nc1ccc(Nc2ccc(C(C)(C)C)cc2S(=O)(=O)O)c2c1C(=O)c1ccc(S(=O)(=O)[O-])c(O)c1C2=O.[Na+]. The molecule has 1 aliphatic carbocycles. The van der Waals surface area contributed by atoms with Gasteiger partial charge in [0.25, 0.3) is 10.1 Å². The van der Waals surface area contributed by atoms with Gasteiger partial charge in [-0.1, -0.05) is 26.8 Å². The Morgan fingerprint density at radius 1 is 0.805 bits per heavy atom. The number of hydrogen-bond donors (Lipinski definition) is 4. The normalized spacial score (nSPS) is 13.4. The van der Waals surface area contributed by atoms with E-state index in [1.54, 1.807) is 19.9 Å². The molecule has 0 saturated heterocycles. The molecule has 0 unspecified atom stereocenters. The molecule has 3 aromatic carbocycles. The quantitative estimate of drug-likeness (QED) is 0.181. The number of aromatic hydroxyl groups is 1. The first-order valence-corrected chi connectivity index (χ1v) is 14.9. The van der Waals surface area contributed by atoms with Gasteiger partial charge in [-0.05, 0) is 61.2 Å². The van der Waals surface area contributed by atoms with E-state index in [2.05, 4.69) is 10.6 Å². The molecule has 0 aromatic heterocycles. The molecule has 11 nitrogen and oxygen atoms in total. The van der Waals surface area contributed by atoms with Gasteiger partial charge in [-0.25, -0.2) is 8.42 Å². The van der Waals surface area contributed by atoms with Crippen LogP contribution in [-0.2, 0) is 25.7 Å². The monoisotopic (exact) mass is 610 g/mol. The van der Waals surface area contributed by atoms with Crippen LogP contribution < -0.4 is 40.2 Å². The number of phenolic OH excluding ortho intramolecular Hbond substituents is 1. The molecule has 0 radical (unpaired) electrons. The van der Waals surface area contributed by atoms with Crippen molar-refractivity contribution in [1.82, 2.24) is 0 Å². The average molecular weight is 611 g/mol. The van der Waals surface area contributed by atoms with Crippen molar-refractivity contribution in [2.45, 2.75) is 55.9 Å². The van der Waals surface area contributed by atoms with Crippen molar-refractivity contribution in [3.05, 3.63) is 70.3 Å². The second-order valence-electron chi connectivity index (χ2n) is 10.7. The summed E-state index contributed by atoms with van der Waals surface area (Å²) in [4.78, 5) is 25.9. The molecule has 0 saturated carbocycles. The van der Waals surface area contributed by atoms with Crippen LogP contribution >= 0.6 is 0 Å². The van der Waals surface area contributed by atoms with Crippen LogP contribution in [0.4, 0.5) is 17.1 Å². The standard InChI is InChI=1S/C27H28N2O9S2.Na/c1-13(2)28-17-9-10-18(29-16-8-6-14(27(3,4)5)12-20(16)40(36,37)38)23-22(17)24(30)15-7-11-19(39(33,34)35)25(31)21(15)26(23)32;/h6-13,28-29,31H,1-5H3,(H,33,34,35)(H,36,37,38);/q;+1/p-1. The molecule has 41 heavy (non-hydrogen) atoms. The maximum Gasteiger partial charge on any atom is 1.00 e. The van der Waals surface area contributed by atoms with Gasteiger partial charge in [-0.2, -0.15) is 8.42 Å². The molecular formula is C27H27N2NaO9S2. The van der Waals surface area contributed by atoms with Crippen LogP contribution in [0.3, 0.4) is 0 Å². The van der Waals surface area contributed by atoms with Gasteiger partial charge < -0.3 is 20.3 Å². The van der Waals surface area contributed by atoms with Gasteiger partial charge in [0.05, 0.1) is 33.0 Å². The van der Waals surface area contributed by atoms with Crippen molar-refractivity contribution in [3.8, 4) is 5.75 Å². The van der Waals surface area contributed by atoms with Crippen LogP contribution in [0.15, 0.2) is 52.3 Å². The third-order valence-corrected chi connectivity index (χ3v) is 8.14. The molecule has 0 aliphatic heterocycles. The van der Waals surface area contributed by atoms with Crippen LogP contribution in [-0.4, -0.2) is 48.7 Å². The summed E-state index contributed by atoms with van der Waals surface area (Å²) in [5.41, 5.74) is -1.14. The van der Waals surface area contributed by atoms with Crippen molar-refractivity contribution in [1.29, 1.82) is 0 Å². The van der Waals surface area contributed by atoms with Gasteiger partial charge in [0.2, 0.25) is 0 Å². The molecule has 0 amide bonds. The van der Waals surface area contributed by atoms with Crippen molar-refractivity contribution in [2.24, 2.45) is 0 Å². The smallest absolute Gasteiger partial charge is 0.744 e. The second kappa shape index (κ2) is 11.1. The summed E-state index contributed by atoms with van der Waals surface area (Å²) in [5, 5.41) is 16.5. The number of carbonyl (C=O) groups excluding carboxylic acids is 2. The zero-order valence-electron chi connectivity index (χ0n) is 23.2. The number of benzene rings is 3. The average Bonchev–Trinajstić information content (AvgIpc) is 2.80. The summed E-state index contributed by atoms with van der Waals surface area (Å²) in [7, 11) is -9.94. The molecule has 4 rings (SSSR count). The van der Waals surface area contributed by atoms with E-state index in [4.69, 9.17) is 0 Å². The first kappa shape index (κ1) is 32.7. The Kier molecular flexibility index (Phi) is 8.89. The van der Waals surface area contributed by atoms with E-state index in [1.165, 1.54) is 24.3 Å². The number of nitrogens with one attached hydrogen (secondary N) is 2. The fourth-order valence-corrected chi connectivity index (χ4v) is 5.76. The summed E-state index contributed by atoms with van der Waals surface area (Å²) in [6.07, 6.45) is 0. The molecular weight excluding hydrogens is 583 g/mol. The van der Waals surface area contributed by atoms with Crippen LogP contribution in [0, 0.1) is 0 Å². The van der Waals surface area contributed by atoms with Gasteiger partial charge in [-0.15, -0.1) is 0 Å². The molecule has 14 heteroatoms. The largest absolute Gasteiger partial charge is 1.00 e. The van der Waals surface area contributed by atoms with Gasteiger partial charge in [0.15, 0.2) is 11.6 Å². The van der Waals surface area contributed by atoms with E-state index < -0.39 is 58.3 Å². The van der Waals surface area contributed by atoms with Crippen LogP contribution in [0.1, 0.15) is 72.0 Å². The van der Waals surface area contributed by atoms with Crippen LogP contribution in [0.25, 0.3) is 0 Å². The van der Waals surface area contributed by atoms with E-state index in [0.29, 0.717) is 5.56 Å². The first-order valence-electron chi connectivity index (χ1n) is 12.1. The van der Waals surface area contributed by atoms with Crippen molar-refractivity contribution < 1.29 is 70.2 Å². The first-order chi connectivity index (χ1) is 18.3. The minimum atomic E-state index is -5.19. The predicted molar refractivity (Wildman–Crippen MR) is 146 cm³/mol. The third kappa shape index (κ3) is 6.21. The number of anilines is 3. The van der Waals surface area contributed by atoms with Gasteiger partial charge in [0.1, 0.15) is 20.8 Å². The number of rotatable bonds is 6. The summed E-state index contributed by atoms with van der Waals surface area (Å²) in [6.45, 7) is 9.15. The summed E-state index contributed by atoms with van der Waals surface area (Å²) < 4.78 is 69.6. The molecule has 212 valence electrons. The van der Waals surface area contributed by atoms with Crippen molar-refractivity contribution in [3.63, 3.8) is 0 Å². The molecule has 3 aromatic rings. The van der Waals surface area contributed by atoms with Crippen LogP contribution in [0.5, 0.6) is 5.75 Å². The summed E-state index contributed by atoms with van der Waals surface area (Å²) in [5.74, 6) is -2.86. The summed E-state index contributed by atoms with van der Waals surface area (Å²) >= 11 is 0. The van der Waals surface area contributed by atoms with E-state index in [0.717, 1.165) is 12.1 Å². The minimum absolute atomic E-state index is 0. The maximum absolute atomic E-state index is 13.8. The van der Waals surface area contributed by atoms with Crippen molar-refractivity contribution >= 4 is 48.9 Å². The summed E-state index contributed by atoms with van der Waals surface area (Å²) in [6, 6.07) is 8.81. The van der Waals surface area contributed by atoms with E-state index in [-0.39, 0.29) is 69.4 Å². The van der Waals surface area contributed by atoms with Gasteiger partial charge in [0, 0.05) is 17.3 Å². The molecule has 0 heterocycles. The Morgan fingerprint density at radius 3 is 1.90 bits per heavy atom. The third-order valence-electron chi connectivity index (χ3n) is 6.38. The topological polar surface area (TPSA) is 190 Å². The van der Waals surface area contributed by atoms with E-state index in [9.17, 15) is 40.6 Å². The Bertz CT molecular complexity index is 1810. The molecule has 0 atom stereocenters. The number of phenols is 1. The Hall–Kier alpha value is -2.78. The van der Waals surface area contributed by atoms with Crippen LogP contribution in [0.2, 0.25) is 0 Å². The molecule has 0 fully saturated rings. The molecule has 1 aliphatic rings. The molecule has 4 N–H and O–H groups in total. The Balaban J connectivity index is 0.00000462. The number of hydrogen-bond acceptors (Lipinski definition) is 10. The molecule has 0 bridgehead atoms. The zero-order valence-corrected chi connectivity index (χ0v) is 26.8.